The van der Waals surface area contributed by atoms with E-state index < -0.39 is 10.0 Å². The topological polar surface area (TPSA) is 95.2 Å². The van der Waals surface area contributed by atoms with Gasteiger partial charge in [0.05, 0.1) is 34.8 Å². The van der Waals surface area contributed by atoms with Gasteiger partial charge in [0.1, 0.15) is 0 Å². The van der Waals surface area contributed by atoms with Crippen LogP contribution in [0.25, 0.3) is 0 Å². The van der Waals surface area contributed by atoms with Crippen LogP contribution in [0.4, 0.5) is 5.69 Å². The van der Waals surface area contributed by atoms with E-state index in [4.69, 9.17) is 0 Å². The standard InChI is InChI=1S/C15H16N4O3S2/c20-15-4-6-23-14-2-1-10(7-12(14)18-15)24(21,22)19-5-3-11-13(8-19)17-9-16-11/h1-2,7,9H,3-6,8H2,(H,16,17)(H,18,20). The van der Waals surface area contributed by atoms with Crippen molar-refractivity contribution in [1.29, 1.82) is 0 Å². The Kier molecular flexibility index (Phi) is 3.86. The normalized spacial score (nSPS) is 18.4. The predicted molar refractivity (Wildman–Crippen MR) is 90.3 cm³/mol. The lowest BCUT2D eigenvalue weighted by Crippen LogP contribution is -2.36. The molecule has 4 rings (SSSR count). The van der Waals surface area contributed by atoms with E-state index in [0.29, 0.717) is 30.8 Å². The number of fused-ring (bicyclic) bond motifs is 2. The number of thioether (sulfide) groups is 1. The molecule has 0 fully saturated rings. The molecule has 24 heavy (non-hydrogen) atoms. The first-order chi connectivity index (χ1) is 11.5. The Morgan fingerprint density at radius 1 is 1.25 bits per heavy atom. The van der Waals surface area contributed by atoms with Crippen molar-refractivity contribution in [1.82, 2.24) is 14.3 Å². The van der Waals surface area contributed by atoms with Crippen LogP contribution in [-0.4, -0.2) is 40.9 Å². The molecule has 0 bridgehead atoms. The van der Waals surface area contributed by atoms with Gasteiger partial charge in [-0.15, -0.1) is 11.8 Å². The first-order valence-corrected chi connectivity index (χ1v) is 10.0. The van der Waals surface area contributed by atoms with E-state index in [2.05, 4.69) is 15.3 Å². The molecule has 2 aliphatic heterocycles. The number of carbonyl (C=O) groups is 1. The number of benzene rings is 1. The number of rotatable bonds is 2. The summed E-state index contributed by atoms with van der Waals surface area (Å²) in [5, 5.41) is 2.79. The van der Waals surface area contributed by atoms with Gasteiger partial charge in [-0.3, -0.25) is 4.79 Å². The number of carbonyl (C=O) groups excluding carboxylic acids is 1. The first-order valence-electron chi connectivity index (χ1n) is 7.62. The fourth-order valence-corrected chi connectivity index (χ4v) is 5.27. The van der Waals surface area contributed by atoms with Crippen LogP contribution in [-0.2, 0) is 27.8 Å². The van der Waals surface area contributed by atoms with Crippen molar-refractivity contribution in [3.8, 4) is 0 Å². The average Bonchev–Trinajstić information content (AvgIpc) is 2.95. The van der Waals surface area contributed by atoms with Crippen molar-refractivity contribution in [2.75, 3.05) is 17.6 Å². The first kappa shape index (κ1) is 15.7. The van der Waals surface area contributed by atoms with Crippen LogP contribution >= 0.6 is 11.8 Å². The maximum atomic E-state index is 12.9. The Morgan fingerprint density at radius 2 is 2.12 bits per heavy atom. The third-order valence-corrected chi connectivity index (χ3v) is 7.11. The lowest BCUT2D eigenvalue weighted by atomic mass is 10.2. The quantitative estimate of drug-likeness (QED) is 0.844. The highest BCUT2D eigenvalue weighted by atomic mass is 32.2. The maximum Gasteiger partial charge on any atom is 0.243 e. The van der Waals surface area contributed by atoms with Crippen molar-refractivity contribution in [2.45, 2.75) is 29.2 Å². The van der Waals surface area contributed by atoms with E-state index >= 15 is 0 Å². The minimum Gasteiger partial charge on any atom is -0.347 e. The second-order valence-corrected chi connectivity index (χ2v) is 8.80. The molecule has 2 aromatic rings. The summed E-state index contributed by atoms with van der Waals surface area (Å²) < 4.78 is 27.3. The Hall–Kier alpha value is -1.84. The Bertz CT molecular complexity index is 907. The van der Waals surface area contributed by atoms with Crippen LogP contribution in [0.1, 0.15) is 17.8 Å². The Morgan fingerprint density at radius 3 is 3.00 bits per heavy atom. The molecule has 0 unspecified atom stereocenters. The number of aromatic amines is 1. The van der Waals surface area contributed by atoms with Gasteiger partial charge in [0, 0.05) is 30.0 Å². The summed E-state index contributed by atoms with van der Waals surface area (Å²) >= 11 is 1.56. The highest BCUT2D eigenvalue weighted by Gasteiger charge is 2.30. The molecule has 0 saturated carbocycles. The molecule has 1 aromatic heterocycles. The van der Waals surface area contributed by atoms with Gasteiger partial charge in [0.15, 0.2) is 0 Å². The molecule has 1 aromatic carbocycles. The van der Waals surface area contributed by atoms with Gasteiger partial charge >= 0.3 is 0 Å². The molecule has 0 atom stereocenters. The molecule has 0 spiro atoms. The third-order valence-electron chi connectivity index (χ3n) is 4.19. The van der Waals surface area contributed by atoms with Crippen LogP contribution < -0.4 is 5.32 Å². The van der Waals surface area contributed by atoms with Crippen molar-refractivity contribution in [3.63, 3.8) is 0 Å². The van der Waals surface area contributed by atoms with Crippen molar-refractivity contribution < 1.29 is 13.2 Å². The van der Waals surface area contributed by atoms with Crippen molar-refractivity contribution >= 4 is 33.4 Å². The average molecular weight is 364 g/mol. The predicted octanol–water partition coefficient (Wildman–Crippen LogP) is 1.59. The number of imidazole rings is 1. The van der Waals surface area contributed by atoms with E-state index in [-0.39, 0.29) is 17.3 Å². The van der Waals surface area contributed by atoms with Crippen LogP contribution in [0.2, 0.25) is 0 Å². The number of nitrogens with zero attached hydrogens (tertiary/aromatic N) is 2. The summed E-state index contributed by atoms with van der Waals surface area (Å²) in [4.78, 5) is 20.0. The van der Waals surface area contributed by atoms with Gasteiger partial charge in [0.25, 0.3) is 0 Å². The third kappa shape index (κ3) is 2.72. The molecule has 3 heterocycles. The maximum absolute atomic E-state index is 12.9. The van der Waals surface area contributed by atoms with Crippen LogP contribution in [0.5, 0.6) is 0 Å². The van der Waals surface area contributed by atoms with Gasteiger partial charge in [-0.1, -0.05) is 0 Å². The molecule has 7 nitrogen and oxygen atoms in total. The Labute approximate surface area is 143 Å². The van der Waals surface area contributed by atoms with Gasteiger partial charge < -0.3 is 10.3 Å². The molecule has 0 aliphatic carbocycles. The van der Waals surface area contributed by atoms with Gasteiger partial charge in [-0.05, 0) is 18.2 Å². The number of nitrogens with one attached hydrogen (secondary N) is 2. The fourth-order valence-electron chi connectivity index (χ4n) is 2.90. The van der Waals surface area contributed by atoms with E-state index in [1.807, 2.05) is 0 Å². The number of aromatic nitrogens is 2. The lowest BCUT2D eigenvalue weighted by molar-refractivity contribution is -0.115. The van der Waals surface area contributed by atoms with Crippen molar-refractivity contribution in [3.05, 3.63) is 35.9 Å². The number of hydrogen-bond donors (Lipinski definition) is 2. The minimum atomic E-state index is -3.62. The van der Waals surface area contributed by atoms with Crippen molar-refractivity contribution in [2.24, 2.45) is 0 Å². The van der Waals surface area contributed by atoms with E-state index in [0.717, 1.165) is 16.3 Å². The molecule has 2 N–H and O–H groups in total. The lowest BCUT2D eigenvalue weighted by Gasteiger charge is -2.25. The minimum absolute atomic E-state index is 0.0872. The molecule has 126 valence electrons. The summed E-state index contributed by atoms with van der Waals surface area (Å²) in [5.74, 6) is 0.607. The monoisotopic (exact) mass is 364 g/mol. The van der Waals surface area contributed by atoms with Crippen LogP contribution in [0, 0.1) is 0 Å². The summed E-state index contributed by atoms with van der Waals surface area (Å²) in [6, 6.07) is 4.94. The van der Waals surface area contributed by atoms with E-state index in [1.54, 1.807) is 36.3 Å². The SMILES string of the molecule is O=C1CCSc2ccc(S(=O)(=O)N3CCc4nc[nH]c4C3)cc2N1. The number of sulfonamides is 1. The molecule has 0 saturated heterocycles. The van der Waals surface area contributed by atoms with Gasteiger partial charge in [-0.25, -0.2) is 13.4 Å². The largest absolute Gasteiger partial charge is 0.347 e. The Balaban J connectivity index is 1.67. The molecular weight excluding hydrogens is 348 g/mol. The molecular formula is C15H16N4O3S2. The second-order valence-electron chi connectivity index (χ2n) is 5.72. The van der Waals surface area contributed by atoms with E-state index in [9.17, 15) is 13.2 Å². The molecule has 2 aliphatic rings. The fraction of sp³-hybridized carbons (Fsp3) is 0.333. The number of hydrogen-bond acceptors (Lipinski definition) is 5. The zero-order valence-electron chi connectivity index (χ0n) is 12.8. The highest BCUT2D eigenvalue weighted by molar-refractivity contribution is 7.99. The number of H-pyrrole nitrogens is 1. The summed E-state index contributed by atoms with van der Waals surface area (Å²) in [6.45, 7) is 0.689. The van der Waals surface area contributed by atoms with Gasteiger partial charge in [0.2, 0.25) is 15.9 Å². The zero-order chi connectivity index (χ0) is 16.7. The summed E-state index contributed by atoms with van der Waals surface area (Å²) in [6.07, 6.45) is 2.61. The number of amides is 1. The summed E-state index contributed by atoms with van der Waals surface area (Å²) in [7, 11) is -3.62. The smallest absolute Gasteiger partial charge is 0.243 e. The van der Waals surface area contributed by atoms with E-state index in [1.165, 1.54) is 4.31 Å². The van der Waals surface area contributed by atoms with Crippen LogP contribution in [0.15, 0.2) is 34.3 Å². The zero-order valence-corrected chi connectivity index (χ0v) is 14.4. The molecule has 9 heteroatoms. The molecule has 0 radical (unpaired) electrons. The van der Waals surface area contributed by atoms with Crippen LogP contribution in [0.3, 0.4) is 0 Å². The number of anilines is 1. The summed E-state index contributed by atoms with van der Waals surface area (Å²) in [5.41, 5.74) is 2.33. The second kappa shape index (κ2) is 5.91. The molecule has 1 amide bonds. The highest BCUT2D eigenvalue weighted by Crippen LogP contribution is 2.34. The van der Waals surface area contributed by atoms with Gasteiger partial charge in [-0.2, -0.15) is 4.31 Å².